The van der Waals surface area contributed by atoms with E-state index in [1.54, 1.807) is 5.56 Å². The lowest BCUT2D eigenvalue weighted by Gasteiger charge is -2.48. The molecule has 1 aromatic carbocycles. The summed E-state index contributed by atoms with van der Waals surface area (Å²) < 4.78 is 0. The number of hydrogen-bond donors (Lipinski definition) is 1. The van der Waals surface area contributed by atoms with E-state index < -0.39 is 0 Å². The van der Waals surface area contributed by atoms with Crippen molar-refractivity contribution in [1.29, 1.82) is 0 Å². The molecule has 1 saturated heterocycles. The van der Waals surface area contributed by atoms with Crippen LogP contribution in [0.4, 0.5) is 5.69 Å². The standard InChI is InChI=1S/C19H22N2/c1-13-17-7-4-11-21-12-10-18(16(17)21)14-5-2-3-6-15(14)20-19(13,18)9-8-17/h2-7,13,16,20H,8-12H2,1H3. The fraction of sp³-hybridized carbons (Fsp3) is 0.579. The summed E-state index contributed by atoms with van der Waals surface area (Å²) in [6.45, 7) is 4.97. The zero-order chi connectivity index (χ0) is 13.9. The molecule has 5 atom stereocenters. The Balaban J connectivity index is 1.72. The monoisotopic (exact) mass is 278 g/mol. The summed E-state index contributed by atoms with van der Waals surface area (Å²) in [5.41, 5.74) is 4.16. The Morgan fingerprint density at radius 1 is 1.19 bits per heavy atom. The molecule has 3 aliphatic heterocycles. The first-order valence-corrected chi connectivity index (χ1v) is 8.54. The highest BCUT2D eigenvalue weighted by Crippen LogP contribution is 2.77. The highest BCUT2D eigenvalue weighted by Gasteiger charge is 2.81. The second-order valence-electron chi connectivity index (χ2n) is 8.00. The average Bonchev–Trinajstić information content (AvgIpc) is 3.17. The Morgan fingerprint density at radius 3 is 3.05 bits per heavy atom. The van der Waals surface area contributed by atoms with Gasteiger partial charge in [-0.05, 0) is 43.4 Å². The molecule has 0 radical (unpaired) electrons. The first-order valence-electron chi connectivity index (χ1n) is 8.54. The van der Waals surface area contributed by atoms with Crippen LogP contribution in [0.3, 0.4) is 0 Å². The first kappa shape index (κ1) is 11.3. The quantitative estimate of drug-likeness (QED) is 0.733. The van der Waals surface area contributed by atoms with Crippen LogP contribution < -0.4 is 5.32 Å². The largest absolute Gasteiger partial charge is 0.378 e. The van der Waals surface area contributed by atoms with Crippen molar-refractivity contribution in [3.05, 3.63) is 42.0 Å². The third-order valence-electron chi connectivity index (χ3n) is 7.96. The van der Waals surface area contributed by atoms with Crippen molar-refractivity contribution in [2.75, 3.05) is 18.4 Å². The zero-order valence-electron chi connectivity index (χ0n) is 12.6. The predicted octanol–water partition coefficient (Wildman–Crippen LogP) is 3.16. The molecule has 2 nitrogen and oxygen atoms in total. The maximum absolute atomic E-state index is 4.06. The van der Waals surface area contributed by atoms with Crippen LogP contribution in [0.25, 0.3) is 0 Å². The summed E-state index contributed by atoms with van der Waals surface area (Å²) in [7, 11) is 0. The van der Waals surface area contributed by atoms with Gasteiger partial charge in [-0.15, -0.1) is 0 Å². The van der Waals surface area contributed by atoms with Gasteiger partial charge in [0, 0.05) is 29.1 Å². The molecule has 1 aromatic rings. The smallest absolute Gasteiger partial charge is 0.0521 e. The molecular weight excluding hydrogens is 256 g/mol. The van der Waals surface area contributed by atoms with Crippen molar-refractivity contribution >= 4 is 5.69 Å². The van der Waals surface area contributed by atoms with Gasteiger partial charge in [-0.2, -0.15) is 0 Å². The van der Waals surface area contributed by atoms with E-state index in [0.717, 1.165) is 12.0 Å². The lowest BCUT2D eigenvalue weighted by atomic mass is 9.61. The second-order valence-corrected chi connectivity index (χ2v) is 8.00. The highest BCUT2D eigenvalue weighted by molar-refractivity contribution is 5.70. The molecule has 5 unspecified atom stereocenters. The molecule has 0 aromatic heterocycles. The maximum atomic E-state index is 4.06. The third kappa shape index (κ3) is 0.866. The minimum Gasteiger partial charge on any atom is -0.378 e. The molecular formula is C19H22N2. The predicted molar refractivity (Wildman–Crippen MR) is 84.4 cm³/mol. The van der Waals surface area contributed by atoms with Crippen molar-refractivity contribution in [2.45, 2.75) is 43.2 Å². The van der Waals surface area contributed by atoms with E-state index >= 15 is 0 Å². The normalized spacial score (nSPS) is 51.7. The summed E-state index contributed by atoms with van der Waals surface area (Å²) in [6.07, 6.45) is 9.13. The van der Waals surface area contributed by atoms with Crippen molar-refractivity contribution in [3.63, 3.8) is 0 Å². The molecule has 2 bridgehead atoms. The molecule has 3 fully saturated rings. The Labute approximate surface area is 126 Å². The van der Waals surface area contributed by atoms with Crippen LogP contribution in [0.1, 0.15) is 31.7 Å². The maximum Gasteiger partial charge on any atom is 0.0521 e. The zero-order valence-corrected chi connectivity index (χ0v) is 12.6. The Morgan fingerprint density at radius 2 is 2.10 bits per heavy atom. The van der Waals surface area contributed by atoms with Gasteiger partial charge >= 0.3 is 0 Å². The molecule has 3 spiro atoms. The van der Waals surface area contributed by atoms with Gasteiger partial charge in [-0.1, -0.05) is 37.3 Å². The molecule has 6 rings (SSSR count). The Hall–Kier alpha value is -1.28. The lowest BCUT2D eigenvalue weighted by Crippen LogP contribution is -2.57. The summed E-state index contributed by atoms with van der Waals surface area (Å²) in [5, 5.41) is 4.06. The van der Waals surface area contributed by atoms with Gasteiger partial charge in [0.05, 0.1) is 5.54 Å². The molecule has 3 heterocycles. The van der Waals surface area contributed by atoms with Gasteiger partial charge in [-0.25, -0.2) is 0 Å². The fourth-order valence-corrected chi connectivity index (χ4v) is 7.40. The number of anilines is 1. The van der Waals surface area contributed by atoms with Crippen molar-refractivity contribution < 1.29 is 0 Å². The van der Waals surface area contributed by atoms with Crippen LogP contribution >= 0.6 is 0 Å². The van der Waals surface area contributed by atoms with E-state index in [1.807, 2.05) is 0 Å². The van der Waals surface area contributed by atoms with Gasteiger partial charge in [0.1, 0.15) is 0 Å². The lowest BCUT2D eigenvalue weighted by molar-refractivity contribution is 0.0998. The molecule has 1 N–H and O–H groups in total. The SMILES string of the molecule is CC1C23C=CCN4CCC5(c6ccccc6NC15CC2)C43. The average molecular weight is 278 g/mol. The number of fused-ring (bicyclic) bond motifs is 1. The van der Waals surface area contributed by atoms with Crippen molar-refractivity contribution in [3.8, 4) is 0 Å². The number of nitrogens with zero attached hydrogens (tertiary/aromatic N) is 1. The van der Waals surface area contributed by atoms with E-state index in [2.05, 4.69) is 53.6 Å². The van der Waals surface area contributed by atoms with Gasteiger partial charge in [0.25, 0.3) is 0 Å². The van der Waals surface area contributed by atoms with Crippen LogP contribution in [0.15, 0.2) is 36.4 Å². The van der Waals surface area contributed by atoms with Crippen LogP contribution in [0.5, 0.6) is 0 Å². The minimum atomic E-state index is 0.310. The van der Waals surface area contributed by atoms with Gasteiger partial charge in [-0.3, -0.25) is 4.90 Å². The Bertz CT molecular complexity index is 695. The van der Waals surface area contributed by atoms with Gasteiger partial charge < -0.3 is 5.32 Å². The number of para-hydroxylation sites is 1. The van der Waals surface area contributed by atoms with Crippen LogP contribution in [0, 0.1) is 11.3 Å². The van der Waals surface area contributed by atoms with Crippen LogP contribution in [0.2, 0.25) is 0 Å². The number of rotatable bonds is 0. The van der Waals surface area contributed by atoms with E-state index in [-0.39, 0.29) is 0 Å². The number of hydrogen-bond acceptors (Lipinski definition) is 2. The third-order valence-corrected chi connectivity index (χ3v) is 7.96. The van der Waals surface area contributed by atoms with Crippen molar-refractivity contribution in [1.82, 2.24) is 4.90 Å². The van der Waals surface area contributed by atoms with E-state index in [9.17, 15) is 0 Å². The second kappa shape index (κ2) is 3.08. The molecule has 108 valence electrons. The number of benzene rings is 1. The summed E-state index contributed by atoms with van der Waals surface area (Å²) in [4.78, 5) is 2.79. The minimum absolute atomic E-state index is 0.310. The molecule has 2 heteroatoms. The van der Waals surface area contributed by atoms with Crippen molar-refractivity contribution in [2.24, 2.45) is 11.3 Å². The van der Waals surface area contributed by atoms with Gasteiger partial charge in [0.2, 0.25) is 0 Å². The van der Waals surface area contributed by atoms with E-state index in [4.69, 9.17) is 0 Å². The Kier molecular flexibility index (Phi) is 1.66. The molecule has 2 aliphatic carbocycles. The van der Waals surface area contributed by atoms with Crippen LogP contribution in [-0.2, 0) is 5.41 Å². The highest BCUT2D eigenvalue weighted by atomic mass is 15.3. The summed E-state index contributed by atoms with van der Waals surface area (Å²) >= 11 is 0. The molecule has 21 heavy (non-hydrogen) atoms. The molecule has 5 aliphatic rings. The number of nitrogens with one attached hydrogen (secondary N) is 1. The van der Waals surface area contributed by atoms with Gasteiger partial charge in [0.15, 0.2) is 0 Å². The fourth-order valence-electron chi connectivity index (χ4n) is 7.40. The summed E-state index contributed by atoms with van der Waals surface area (Å²) in [5.74, 6) is 0.738. The molecule has 0 amide bonds. The van der Waals surface area contributed by atoms with E-state index in [1.165, 1.54) is 38.0 Å². The first-order chi connectivity index (χ1) is 10.2. The topological polar surface area (TPSA) is 15.3 Å². The van der Waals surface area contributed by atoms with E-state index in [0.29, 0.717) is 16.4 Å². The molecule has 2 saturated carbocycles. The van der Waals surface area contributed by atoms with Crippen LogP contribution in [-0.4, -0.2) is 29.6 Å². The summed E-state index contributed by atoms with van der Waals surface area (Å²) in [6, 6.07) is 9.90.